The highest BCUT2D eigenvalue weighted by molar-refractivity contribution is 7.99. The lowest BCUT2D eigenvalue weighted by molar-refractivity contribution is 0.121. The second-order valence-corrected chi connectivity index (χ2v) is 8.28. The topological polar surface area (TPSA) is 39.3 Å². The number of aromatic nitrogens is 1. The van der Waals surface area contributed by atoms with Gasteiger partial charge in [-0.2, -0.15) is 0 Å². The number of likely N-dealkylation sites (N-methyl/N-ethyl adjacent to an activating group) is 1. The minimum Gasteiger partial charge on any atom is -0.383 e. The van der Waals surface area contributed by atoms with E-state index in [9.17, 15) is 5.11 Å². The predicted molar refractivity (Wildman–Crippen MR) is 93.4 cm³/mol. The van der Waals surface area contributed by atoms with Gasteiger partial charge in [-0.25, -0.2) is 0 Å². The zero-order valence-electron chi connectivity index (χ0n) is 13.2. The molecule has 1 unspecified atom stereocenters. The molecule has 1 aliphatic heterocycles. The van der Waals surface area contributed by atoms with Gasteiger partial charge < -0.3 is 15.0 Å². The average Bonchev–Trinajstić information content (AvgIpc) is 2.91. The summed E-state index contributed by atoms with van der Waals surface area (Å²) in [6.07, 6.45) is 4.61. The number of fused-ring (bicyclic) bond motifs is 2. The van der Waals surface area contributed by atoms with Crippen molar-refractivity contribution in [3.8, 4) is 0 Å². The maximum absolute atomic E-state index is 9.55. The van der Waals surface area contributed by atoms with Crippen LogP contribution < -0.4 is 0 Å². The summed E-state index contributed by atoms with van der Waals surface area (Å²) in [4.78, 5) is 5.99. The normalized spacial score (nSPS) is 29.5. The molecule has 0 saturated carbocycles. The van der Waals surface area contributed by atoms with Gasteiger partial charge in [-0.3, -0.25) is 0 Å². The summed E-state index contributed by atoms with van der Waals surface area (Å²) < 4.78 is 0. The molecule has 118 valence electrons. The Labute approximate surface area is 136 Å². The molecule has 1 aromatic carbocycles. The van der Waals surface area contributed by atoms with Gasteiger partial charge >= 0.3 is 0 Å². The first kappa shape index (κ1) is 14.6. The van der Waals surface area contributed by atoms with Crippen molar-refractivity contribution in [1.82, 2.24) is 9.88 Å². The number of nitrogens with zero attached hydrogens (tertiary/aromatic N) is 1. The van der Waals surface area contributed by atoms with Crippen LogP contribution in [-0.4, -0.2) is 45.8 Å². The maximum atomic E-state index is 9.55. The van der Waals surface area contributed by atoms with Crippen LogP contribution in [0.3, 0.4) is 0 Å². The molecule has 4 heteroatoms. The molecule has 2 N–H and O–H groups in total. The van der Waals surface area contributed by atoms with Crippen LogP contribution in [0.2, 0.25) is 0 Å². The summed E-state index contributed by atoms with van der Waals surface area (Å²) in [6.45, 7) is 3.02. The van der Waals surface area contributed by atoms with E-state index in [0.717, 1.165) is 18.7 Å². The molecule has 3 nitrogen and oxygen atoms in total. The van der Waals surface area contributed by atoms with Crippen molar-refractivity contribution in [2.24, 2.45) is 5.92 Å². The fraction of sp³-hybridized carbons (Fsp3) is 0.556. The number of piperidine rings is 1. The number of benzene rings is 1. The lowest BCUT2D eigenvalue weighted by Gasteiger charge is -2.45. The van der Waals surface area contributed by atoms with Gasteiger partial charge in [0.15, 0.2) is 0 Å². The summed E-state index contributed by atoms with van der Waals surface area (Å²) in [5.41, 5.74) is 4.04. The van der Waals surface area contributed by atoms with Crippen LogP contribution in [-0.2, 0) is 6.42 Å². The van der Waals surface area contributed by atoms with Crippen LogP contribution in [0.25, 0.3) is 10.9 Å². The molecule has 0 radical (unpaired) electrons. The summed E-state index contributed by atoms with van der Waals surface area (Å²) in [5, 5.41) is 11.0. The Morgan fingerprint density at radius 1 is 1.45 bits per heavy atom. The Morgan fingerprint density at radius 2 is 2.32 bits per heavy atom. The number of thioether (sulfide) groups is 1. The lowest BCUT2D eigenvalue weighted by Crippen LogP contribution is -2.48. The Hall–Kier alpha value is -0.970. The van der Waals surface area contributed by atoms with Crippen LogP contribution in [0.15, 0.2) is 24.4 Å². The lowest BCUT2D eigenvalue weighted by atomic mass is 9.73. The van der Waals surface area contributed by atoms with Crippen LogP contribution in [0, 0.1) is 5.92 Å². The van der Waals surface area contributed by atoms with Gasteiger partial charge in [0.05, 0.1) is 5.44 Å². The van der Waals surface area contributed by atoms with E-state index >= 15 is 0 Å². The minimum absolute atomic E-state index is 0.255. The van der Waals surface area contributed by atoms with E-state index in [4.69, 9.17) is 0 Å². The fourth-order valence-corrected chi connectivity index (χ4v) is 5.24. The van der Waals surface area contributed by atoms with E-state index in [-0.39, 0.29) is 5.44 Å². The fourth-order valence-electron chi connectivity index (χ4n) is 4.45. The van der Waals surface area contributed by atoms with E-state index in [1.165, 1.54) is 28.5 Å². The number of aromatic amines is 1. The number of aliphatic hydroxyl groups excluding tert-OH is 1. The molecule has 4 rings (SSSR count). The highest BCUT2D eigenvalue weighted by Crippen LogP contribution is 2.44. The van der Waals surface area contributed by atoms with Crippen molar-refractivity contribution < 1.29 is 5.11 Å². The number of hydrogen-bond donors (Lipinski definition) is 2. The van der Waals surface area contributed by atoms with Crippen LogP contribution >= 0.6 is 11.8 Å². The zero-order chi connectivity index (χ0) is 15.3. The molecule has 0 amide bonds. The number of nitrogens with one attached hydrogen (secondary N) is 1. The summed E-state index contributed by atoms with van der Waals surface area (Å²) >= 11 is 1.68. The largest absolute Gasteiger partial charge is 0.383 e. The SMILES string of the molecule is CC(O)SC[C@@H]1C[C@@H]2c3cccc4[nH]cc(c34)C[C@H]2N(C)C1. The first-order chi connectivity index (χ1) is 10.6. The highest BCUT2D eigenvalue weighted by atomic mass is 32.2. The quantitative estimate of drug-likeness (QED) is 0.854. The first-order valence-corrected chi connectivity index (χ1v) is 9.27. The molecule has 2 aliphatic rings. The van der Waals surface area contributed by atoms with Crippen LogP contribution in [0.5, 0.6) is 0 Å². The standard InChI is InChI=1S/C18H24N2OS/c1-11(21)22-10-12-6-15-14-4-3-5-16-18(14)13(8-19-16)7-17(15)20(2)9-12/h3-5,8,11-12,15,17,19,21H,6-7,9-10H2,1-2H3/t11?,12-,15-,17-/m1/s1. The van der Waals surface area contributed by atoms with Crippen molar-refractivity contribution in [3.63, 3.8) is 0 Å². The van der Waals surface area contributed by atoms with E-state index in [2.05, 4.69) is 41.3 Å². The molecule has 1 aliphatic carbocycles. The molecule has 22 heavy (non-hydrogen) atoms. The van der Waals surface area contributed by atoms with Crippen molar-refractivity contribution in [1.29, 1.82) is 0 Å². The molecule has 2 aromatic rings. The zero-order valence-corrected chi connectivity index (χ0v) is 14.1. The number of rotatable bonds is 3. The van der Waals surface area contributed by atoms with Gasteiger partial charge in [0, 0.05) is 35.6 Å². The van der Waals surface area contributed by atoms with Crippen LogP contribution in [0.1, 0.15) is 30.4 Å². The van der Waals surface area contributed by atoms with E-state index in [0.29, 0.717) is 17.9 Å². The molecule has 0 bridgehead atoms. The Kier molecular flexibility index (Phi) is 3.71. The second-order valence-electron chi connectivity index (χ2n) is 6.94. The summed E-state index contributed by atoms with van der Waals surface area (Å²) in [7, 11) is 2.27. The third-order valence-corrected chi connectivity index (χ3v) is 6.53. The van der Waals surface area contributed by atoms with Gasteiger partial charge in [-0.05, 0) is 55.7 Å². The number of H-pyrrole nitrogens is 1. The number of likely N-dealkylation sites (tertiary alicyclic amines) is 1. The van der Waals surface area contributed by atoms with Gasteiger partial charge in [-0.1, -0.05) is 12.1 Å². The molecule has 0 spiro atoms. The first-order valence-electron chi connectivity index (χ1n) is 8.22. The molecular weight excluding hydrogens is 292 g/mol. The van der Waals surface area contributed by atoms with E-state index in [1.807, 2.05) is 6.92 Å². The minimum atomic E-state index is -0.255. The number of aliphatic hydroxyl groups is 1. The monoisotopic (exact) mass is 316 g/mol. The van der Waals surface area contributed by atoms with Crippen molar-refractivity contribution >= 4 is 22.7 Å². The summed E-state index contributed by atoms with van der Waals surface area (Å²) in [6, 6.07) is 7.33. The molecule has 4 atom stereocenters. The van der Waals surface area contributed by atoms with Crippen molar-refractivity contribution in [2.75, 3.05) is 19.3 Å². The number of hydrogen-bond acceptors (Lipinski definition) is 3. The Balaban J connectivity index is 1.66. The summed E-state index contributed by atoms with van der Waals surface area (Å²) in [5.74, 6) is 2.35. The maximum Gasteiger partial charge on any atom is 0.0964 e. The van der Waals surface area contributed by atoms with Crippen LogP contribution in [0.4, 0.5) is 0 Å². The molecule has 1 saturated heterocycles. The molecular formula is C18H24N2OS. The average molecular weight is 316 g/mol. The highest BCUT2D eigenvalue weighted by Gasteiger charge is 2.39. The van der Waals surface area contributed by atoms with Gasteiger partial charge in [0.1, 0.15) is 0 Å². The van der Waals surface area contributed by atoms with E-state index < -0.39 is 0 Å². The van der Waals surface area contributed by atoms with Gasteiger partial charge in [0.2, 0.25) is 0 Å². The Morgan fingerprint density at radius 3 is 3.14 bits per heavy atom. The van der Waals surface area contributed by atoms with Crippen molar-refractivity contribution in [3.05, 3.63) is 35.5 Å². The molecule has 2 heterocycles. The second kappa shape index (κ2) is 5.59. The van der Waals surface area contributed by atoms with E-state index in [1.54, 1.807) is 11.8 Å². The third kappa shape index (κ3) is 2.38. The van der Waals surface area contributed by atoms with Crippen molar-refractivity contribution in [2.45, 2.75) is 37.2 Å². The molecule has 1 aromatic heterocycles. The van der Waals surface area contributed by atoms with Gasteiger partial charge in [-0.15, -0.1) is 11.8 Å². The Bertz CT molecular complexity index is 681. The third-order valence-electron chi connectivity index (χ3n) is 5.39. The molecule has 1 fully saturated rings. The predicted octanol–water partition coefficient (Wildman–Crippen LogP) is 3.20. The van der Waals surface area contributed by atoms with Gasteiger partial charge in [0.25, 0.3) is 0 Å². The smallest absolute Gasteiger partial charge is 0.0964 e.